The van der Waals surface area contributed by atoms with Crippen molar-refractivity contribution in [2.75, 3.05) is 0 Å². The van der Waals surface area contributed by atoms with E-state index in [4.69, 9.17) is 5.41 Å². The first kappa shape index (κ1) is 32.6. The summed E-state index contributed by atoms with van der Waals surface area (Å²) in [5, 5.41) is 26.4. The van der Waals surface area contributed by atoms with Crippen LogP contribution in [-0.4, -0.2) is 19.9 Å². The third kappa shape index (κ3) is 4.21. The molecule has 11 aromatic rings. The zero-order valence-electron chi connectivity index (χ0n) is 32.0. The molecule has 5 nitrogen and oxygen atoms in total. The van der Waals surface area contributed by atoms with Crippen molar-refractivity contribution in [3.8, 4) is 34.3 Å². The molecule has 58 heavy (non-hydrogen) atoms. The van der Waals surface area contributed by atoms with E-state index in [9.17, 15) is 5.26 Å². The van der Waals surface area contributed by atoms with Gasteiger partial charge in [-0.25, -0.2) is 0 Å². The van der Waals surface area contributed by atoms with Crippen molar-refractivity contribution in [3.05, 3.63) is 186 Å². The molecule has 0 bridgehead atoms. The standard InChI is InChI=1S/C53H35N5/c1-53(2)43-20-10-6-16-35(43)39-26-41-42-27-40-38-19-9-11-21-45(38)56(34-14-4-3-5-15-34)49(40)29-50(42)58(48(41)28-44(39)53)52-33(31-55)24-32(30-54)25-51(52)57-46-22-12-7-17-36(46)37-18-8-13-23-47(37)57/h3-29,31,55H,1-2H3. The summed E-state index contributed by atoms with van der Waals surface area (Å²) in [5.74, 6) is 0. The van der Waals surface area contributed by atoms with E-state index in [1.54, 1.807) is 0 Å². The molecule has 3 aromatic heterocycles. The summed E-state index contributed by atoms with van der Waals surface area (Å²) in [4.78, 5) is 0. The first-order chi connectivity index (χ1) is 28.5. The highest BCUT2D eigenvalue weighted by Gasteiger charge is 2.36. The van der Waals surface area contributed by atoms with Crippen LogP contribution >= 0.6 is 0 Å². The van der Waals surface area contributed by atoms with E-state index in [1.807, 2.05) is 12.1 Å². The molecule has 0 amide bonds. The summed E-state index contributed by atoms with van der Waals surface area (Å²) < 4.78 is 7.05. The van der Waals surface area contributed by atoms with Gasteiger partial charge in [0.05, 0.1) is 56.1 Å². The maximum atomic E-state index is 10.5. The average Bonchev–Trinajstić information content (AvgIpc) is 3.95. The monoisotopic (exact) mass is 741 g/mol. The Labute approximate surface area is 334 Å². The summed E-state index contributed by atoms with van der Waals surface area (Å²) in [7, 11) is 0. The number of rotatable bonds is 4. The second-order valence-corrected chi connectivity index (χ2v) is 16.1. The van der Waals surface area contributed by atoms with Crippen molar-refractivity contribution in [2.24, 2.45) is 0 Å². The number of hydrogen-bond donors (Lipinski definition) is 1. The number of para-hydroxylation sites is 4. The minimum absolute atomic E-state index is 0.225. The highest BCUT2D eigenvalue weighted by molar-refractivity contribution is 6.20. The first-order valence-corrected chi connectivity index (χ1v) is 19.7. The Hall–Kier alpha value is -7.68. The van der Waals surface area contributed by atoms with Crippen molar-refractivity contribution in [3.63, 3.8) is 0 Å². The van der Waals surface area contributed by atoms with E-state index in [-0.39, 0.29) is 5.41 Å². The van der Waals surface area contributed by atoms with Gasteiger partial charge in [-0.2, -0.15) is 5.26 Å². The molecule has 0 fully saturated rings. The van der Waals surface area contributed by atoms with Crippen LogP contribution in [0.25, 0.3) is 93.6 Å². The van der Waals surface area contributed by atoms with Crippen molar-refractivity contribution in [1.82, 2.24) is 13.7 Å². The zero-order chi connectivity index (χ0) is 38.9. The third-order valence-electron chi connectivity index (χ3n) is 12.7. The van der Waals surface area contributed by atoms with Gasteiger partial charge in [-0.05, 0) is 89.0 Å². The number of nitrogens with one attached hydrogen (secondary N) is 1. The van der Waals surface area contributed by atoms with Crippen molar-refractivity contribution in [2.45, 2.75) is 19.3 Å². The molecule has 0 atom stereocenters. The molecule has 3 heterocycles. The molecule has 0 radical (unpaired) electrons. The van der Waals surface area contributed by atoms with Crippen LogP contribution in [0.3, 0.4) is 0 Å². The number of nitriles is 1. The predicted molar refractivity (Wildman–Crippen MR) is 240 cm³/mol. The van der Waals surface area contributed by atoms with Gasteiger partial charge in [0.25, 0.3) is 0 Å². The Morgan fingerprint density at radius 3 is 1.72 bits per heavy atom. The second-order valence-electron chi connectivity index (χ2n) is 16.1. The van der Waals surface area contributed by atoms with Crippen LogP contribution in [0.4, 0.5) is 0 Å². The molecule has 0 spiro atoms. The van der Waals surface area contributed by atoms with Crippen LogP contribution in [0.2, 0.25) is 0 Å². The molecular formula is C53H35N5. The normalized spacial score (nSPS) is 13.2. The fourth-order valence-corrected chi connectivity index (χ4v) is 10.2. The van der Waals surface area contributed by atoms with E-state index in [0.29, 0.717) is 11.1 Å². The molecule has 8 aromatic carbocycles. The molecule has 1 aliphatic carbocycles. The van der Waals surface area contributed by atoms with E-state index >= 15 is 0 Å². The zero-order valence-corrected chi connectivity index (χ0v) is 32.0. The first-order valence-electron chi connectivity index (χ1n) is 19.7. The van der Waals surface area contributed by atoms with Gasteiger partial charge in [0.15, 0.2) is 0 Å². The van der Waals surface area contributed by atoms with Crippen molar-refractivity contribution < 1.29 is 0 Å². The highest BCUT2D eigenvalue weighted by atomic mass is 15.1. The van der Waals surface area contributed by atoms with Crippen LogP contribution in [0.1, 0.15) is 36.1 Å². The van der Waals surface area contributed by atoms with Gasteiger partial charge >= 0.3 is 0 Å². The Kier molecular flexibility index (Phi) is 6.55. The van der Waals surface area contributed by atoms with E-state index in [2.05, 4.69) is 185 Å². The SMILES string of the molecule is CC1(C)c2ccccc2-c2cc3c4cc5c6ccccc6n(-c6ccccc6)c5cc4n(-c4c(C=N)cc(C#N)cc4-n4c5ccccc5c5ccccc54)c3cc21. The Balaban J connectivity index is 1.31. The van der Waals surface area contributed by atoms with Crippen LogP contribution in [0.5, 0.6) is 0 Å². The fraction of sp³-hybridized carbons (Fsp3) is 0.0566. The molecule has 1 N–H and O–H groups in total. The van der Waals surface area contributed by atoms with Crippen LogP contribution in [0.15, 0.2) is 164 Å². The van der Waals surface area contributed by atoms with Gasteiger partial charge in [0.2, 0.25) is 0 Å². The Bertz CT molecular complexity index is 3570. The van der Waals surface area contributed by atoms with Gasteiger partial charge in [0, 0.05) is 55.2 Å². The quantitative estimate of drug-likeness (QED) is 0.179. The van der Waals surface area contributed by atoms with E-state index < -0.39 is 0 Å². The lowest BCUT2D eigenvalue weighted by Crippen LogP contribution is -2.15. The van der Waals surface area contributed by atoms with Gasteiger partial charge in [-0.3, -0.25) is 0 Å². The Morgan fingerprint density at radius 1 is 0.483 bits per heavy atom. The number of hydrogen-bond acceptors (Lipinski definition) is 2. The lowest BCUT2D eigenvalue weighted by atomic mass is 9.82. The number of nitrogens with zero attached hydrogens (tertiary/aromatic N) is 4. The topological polar surface area (TPSA) is 62.4 Å². The van der Waals surface area contributed by atoms with E-state index in [1.165, 1.54) is 39.2 Å². The van der Waals surface area contributed by atoms with E-state index in [0.717, 1.165) is 71.7 Å². The molecule has 0 saturated carbocycles. The van der Waals surface area contributed by atoms with Gasteiger partial charge in [-0.1, -0.05) is 111 Å². The second kappa shape index (κ2) is 11.7. The maximum Gasteiger partial charge on any atom is 0.0992 e. The minimum atomic E-state index is -0.225. The van der Waals surface area contributed by atoms with Crippen molar-refractivity contribution in [1.29, 1.82) is 10.7 Å². The largest absolute Gasteiger partial charge is 0.309 e. The van der Waals surface area contributed by atoms with Crippen LogP contribution < -0.4 is 0 Å². The average molecular weight is 742 g/mol. The van der Waals surface area contributed by atoms with Crippen molar-refractivity contribution >= 4 is 71.6 Å². The molecule has 1 aliphatic rings. The van der Waals surface area contributed by atoms with Gasteiger partial charge in [-0.15, -0.1) is 0 Å². The van der Waals surface area contributed by atoms with Gasteiger partial charge < -0.3 is 19.1 Å². The predicted octanol–water partition coefficient (Wildman–Crippen LogP) is 13.2. The summed E-state index contributed by atoms with van der Waals surface area (Å²) in [6.45, 7) is 4.65. The highest BCUT2D eigenvalue weighted by Crippen LogP contribution is 2.52. The summed E-state index contributed by atoms with van der Waals surface area (Å²) in [6.07, 6.45) is 1.41. The number of benzene rings is 8. The van der Waals surface area contributed by atoms with Gasteiger partial charge in [0.1, 0.15) is 0 Å². The third-order valence-corrected chi connectivity index (χ3v) is 12.7. The fourth-order valence-electron chi connectivity index (χ4n) is 10.2. The molecule has 0 unspecified atom stereocenters. The molecular weight excluding hydrogens is 707 g/mol. The molecule has 0 saturated heterocycles. The lowest BCUT2D eigenvalue weighted by molar-refractivity contribution is 0.661. The summed E-state index contributed by atoms with van der Waals surface area (Å²) in [6, 6.07) is 60.9. The lowest BCUT2D eigenvalue weighted by Gasteiger charge is -2.22. The Morgan fingerprint density at radius 2 is 1.03 bits per heavy atom. The molecule has 12 rings (SSSR count). The smallest absolute Gasteiger partial charge is 0.0992 e. The van der Waals surface area contributed by atoms with Crippen LogP contribution in [-0.2, 0) is 5.41 Å². The number of aromatic nitrogens is 3. The minimum Gasteiger partial charge on any atom is -0.309 e. The molecule has 272 valence electrons. The van der Waals surface area contributed by atoms with Crippen LogP contribution in [0, 0.1) is 16.7 Å². The molecule has 0 aliphatic heterocycles. The summed E-state index contributed by atoms with van der Waals surface area (Å²) >= 11 is 0. The maximum absolute atomic E-state index is 10.5. The summed E-state index contributed by atoms with van der Waals surface area (Å²) in [5.41, 5.74) is 15.3. The molecule has 5 heteroatoms. The number of fused-ring (bicyclic) bond motifs is 12.